The lowest BCUT2D eigenvalue weighted by Crippen LogP contribution is -2.34. The zero-order valence-corrected chi connectivity index (χ0v) is 10.5. The Morgan fingerprint density at radius 2 is 2.22 bits per heavy atom. The highest BCUT2D eigenvalue weighted by atomic mass is 16.3. The van der Waals surface area contributed by atoms with Gasteiger partial charge in [0.25, 0.3) is 0 Å². The molecule has 1 saturated heterocycles. The van der Waals surface area contributed by atoms with Crippen LogP contribution in [-0.2, 0) is 0 Å². The van der Waals surface area contributed by atoms with Gasteiger partial charge in [-0.2, -0.15) is 0 Å². The first-order valence-electron chi connectivity index (χ1n) is 6.77. The van der Waals surface area contributed by atoms with Crippen LogP contribution in [0.2, 0.25) is 0 Å². The molecule has 1 aromatic heterocycles. The molecular weight excluding hydrogens is 224 g/mol. The van der Waals surface area contributed by atoms with Crippen molar-refractivity contribution in [1.82, 2.24) is 10.3 Å². The van der Waals surface area contributed by atoms with Crippen molar-refractivity contribution < 1.29 is 5.11 Å². The van der Waals surface area contributed by atoms with Gasteiger partial charge in [0.2, 0.25) is 0 Å². The van der Waals surface area contributed by atoms with Gasteiger partial charge >= 0.3 is 0 Å². The van der Waals surface area contributed by atoms with E-state index in [1.165, 1.54) is 23.8 Å². The molecule has 0 spiro atoms. The number of nitrogens with one attached hydrogen (secondary N) is 2. The molecule has 18 heavy (non-hydrogen) atoms. The normalized spacial score (nSPS) is 22.2. The minimum atomic E-state index is 0.230. The number of aromatic amines is 1. The van der Waals surface area contributed by atoms with Crippen LogP contribution < -0.4 is 5.32 Å². The van der Waals surface area contributed by atoms with Gasteiger partial charge in [-0.15, -0.1) is 0 Å². The number of rotatable bonds is 3. The molecule has 2 unspecified atom stereocenters. The molecule has 2 aromatic rings. The first-order chi connectivity index (χ1) is 8.90. The predicted molar refractivity (Wildman–Crippen MR) is 73.7 cm³/mol. The molecular formula is C15H20N2O. The maximum atomic E-state index is 9.77. The average Bonchev–Trinajstić information content (AvgIpc) is 2.85. The van der Waals surface area contributed by atoms with Gasteiger partial charge in [-0.25, -0.2) is 0 Å². The van der Waals surface area contributed by atoms with Crippen molar-refractivity contribution in [2.75, 3.05) is 19.7 Å². The molecule has 1 aliphatic heterocycles. The molecule has 3 nitrogen and oxygen atoms in total. The molecule has 96 valence electrons. The lowest BCUT2D eigenvalue weighted by molar-refractivity contribution is 0.204. The van der Waals surface area contributed by atoms with Crippen molar-refractivity contribution in [1.29, 1.82) is 0 Å². The smallest absolute Gasteiger partial charge is 0.0503 e. The van der Waals surface area contributed by atoms with Crippen LogP contribution in [0.1, 0.15) is 24.3 Å². The number of hydrogen-bond donors (Lipinski definition) is 3. The van der Waals surface area contributed by atoms with E-state index in [0.29, 0.717) is 5.92 Å². The van der Waals surface area contributed by atoms with Gasteiger partial charge < -0.3 is 15.4 Å². The number of fused-ring (bicyclic) bond motifs is 1. The Balaban J connectivity index is 1.95. The third-order valence-corrected chi connectivity index (χ3v) is 4.12. The van der Waals surface area contributed by atoms with Gasteiger partial charge in [-0.1, -0.05) is 18.2 Å². The lowest BCUT2D eigenvalue weighted by atomic mass is 9.82. The number of benzene rings is 1. The van der Waals surface area contributed by atoms with Crippen molar-refractivity contribution in [2.45, 2.75) is 18.8 Å². The van der Waals surface area contributed by atoms with Gasteiger partial charge in [0.15, 0.2) is 0 Å². The second-order valence-electron chi connectivity index (χ2n) is 5.19. The van der Waals surface area contributed by atoms with Crippen LogP contribution in [0.4, 0.5) is 0 Å². The monoisotopic (exact) mass is 244 g/mol. The van der Waals surface area contributed by atoms with E-state index in [0.717, 1.165) is 18.6 Å². The molecule has 2 atom stereocenters. The summed E-state index contributed by atoms with van der Waals surface area (Å²) in [6, 6.07) is 8.33. The quantitative estimate of drug-likeness (QED) is 0.775. The minimum absolute atomic E-state index is 0.230. The topological polar surface area (TPSA) is 48.0 Å². The molecule has 1 aliphatic rings. The number of para-hydroxylation sites is 1. The minimum Gasteiger partial charge on any atom is -0.396 e. The van der Waals surface area contributed by atoms with E-state index in [1.54, 1.807) is 0 Å². The van der Waals surface area contributed by atoms with Gasteiger partial charge in [0.1, 0.15) is 0 Å². The van der Waals surface area contributed by atoms with Crippen LogP contribution >= 0.6 is 0 Å². The number of hydrogen-bond acceptors (Lipinski definition) is 2. The predicted octanol–water partition coefficient (Wildman–Crippen LogP) is 2.24. The zero-order valence-electron chi connectivity index (χ0n) is 10.5. The maximum Gasteiger partial charge on any atom is 0.0503 e. The number of aromatic nitrogens is 1. The van der Waals surface area contributed by atoms with Crippen molar-refractivity contribution in [3.63, 3.8) is 0 Å². The SMILES string of the molecule is OCC(c1c[nH]c2ccccc12)C1CCCNC1. The molecule has 0 bridgehead atoms. The van der Waals surface area contributed by atoms with Crippen LogP contribution in [-0.4, -0.2) is 29.8 Å². The number of H-pyrrole nitrogens is 1. The Labute approximate surface area is 107 Å². The summed E-state index contributed by atoms with van der Waals surface area (Å²) in [5.74, 6) is 0.789. The molecule has 1 aromatic carbocycles. The fourth-order valence-electron chi connectivity index (χ4n) is 3.12. The second kappa shape index (κ2) is 5.12. The molecule has 2 heterocycles. The van der Waals surface area contributed by atoms with Crippen molar-refractivity contribution >= 4 is 10.9 Å². The van der Waals surface area contributed by atoms with Gasteiger partial charge in [-0.05, 0) is 43.5 Å². The van der Waals surface area contributed by atoms with Crippen LogP contribution in [0.5, 0.6) is 0 Å². The summed E-state index contributed by atoms with van der Waals surface area (Å²) in [5, 5.41) is 14.5. The van der Waals surface area contributed by atoms with E-state index in [1.807, 2.05) is 6.07 Å². The molecule has 0 radical (unpaired) electrons. The van der Waals surface area contributed by atoms with Gasteiger partial charge in [0, 0.05) is 23.0 Å². The Kier molecular flexibility index (Phi) is 3.35. The summed E-state index contributed by atoms with van der Waals surface area (Å²) in [4.78, 5) is 3.31. The van der Waals surface area contributed by atoms with E-state index < -0.39 is 0 Å². The van der Waals surface area contributed by atoms with Crippen LogP contribution in [0.3, 0.4) is 0 Å². The van der Waals surface area contributed by atoms with Crippen LogP contribution in [0.15, 0.2) is 30.5 Å². The Hall–Kier alpha value is -1.32. The highest BCUT2D eigenvalue weighted by molar-refractivity contribution is 5.83. The summed E-state index contributed by atoms with van der Waals surface area (Å²) < 4.78 is 0. The average molecular weight is 244 g/mol. The van der Waals surface area contributed by atoms with E-state index in [2.05, 4.69) is 34.7 Å². The fourth-order valence-corrected chi connectivity index (χ4v) is 3.12. The maximum absolute atomic E-state index is 9.77. The summed E-state index contributed by atoms with van der Waals surface area (Å²) in [7, 11) is 0. The van der Waals surface area contributed by atoms with E-state index in [9.17, 15) is 5.11 Å². The van der Waals surface area contributed by atoms with Crippen molar-refractivity contribution in [2.24, 2.45) is 5.92 Å². The first kappa shape index (κ1) is 11.8. The third kappa shape index (κ3) is 2.04. The summed E-state index contributed by atoms with van der Waals surface area (Å²) in [6.45, 7) is 2.36. The summed E-state index contributed by atoms with van der Waals surface area (Å²) in [6.07, 6.45) is 4.49. The zero-order chi connectivity index (χ0) is 12.4. The number of piperidine rings is 1. The fraction of sp³-hybridized carbons (Fsp3) is 0.467. The van der Waals surface area contributed by atoms with E-state index in [-0.39, 0.29) is 12.5 Å². The lowest BCUT2D eigenvalue weighted by Gasteiger charge is -2.29. The largest absolute Gasteiger partial charge is 0.396 e. The van der Waals surface area contributed by atoms with Crippen LogP contribution in [0, 0.1) is 5.92 Å². The standard InChI is InChI=1S/C15H20N2O/c18-10-14(11-4-3-7-16-8-11)13-9-17-15-6-2-1-5-12(13)15/h1-2,5-6,9,11,14,16-18H,3-4,7-8,10H2. The Morgan fingerprint density at radius 3 is 3.00 bits per heavy atom. The molecule has 3 N–H and O–H groups in total. The van der Waals surface area contributed by atoms with Crippen molar-refractivity contribution in [3.05, 3.63) is 36.0 Å². The summed E-state index contributed by atoms with van der Waals surface area (Å²) in [5.41, 5.74) is 2.43. The van der Waals surface area contributed by atoms with E-state index >= 15 is 0 Å². The van der Waals surface area contributed by atoms with Gasteiger partial charge in [-0.3, -0.25) is 0 Å². The van der Waals surface area contributed by atoms with Crippen molar-refractivity contribution in [3.8, 4) is 0 Å². The third-order valence-electron chi connectivity index (χ3n) is 4.12. The molecule has 0 saturated carbocycles. The highest BCUT2D eigenvalue weighted by Gasteiger charge is 2.26. The number of aliphatic hydroxyl groups is 1. The molecule has 3 rings (SSSR count). The molecule has 0 amide bonds. The Bertz CT molecular complexity index is 514. The summed E-state index contributed by atoms with van der Waals surface area (Å²) >= 11 is 0. The van der Waals surface area contributed by atoms with Crippen LogP contribution in [0.25, 0.3) is 10.9 Å². The highest BCUT2D eigenvalue weighted by Crippen LogP contribution is 2.33. The van der Waals surface area contributed by atoms with Gasteiger partial charge in [0.05, 0.1) is 6.61 Å². The Morgan fingerprint density at radius 1 is 1.33 bits per heavy atom. The molecule has 3 heteroatoms. The second-order valence-corrected chi connectivity index (χ2v) is 5.19. The number of aliphatic hydroxyl groups excluding tert-OH is 1. The molecule has 1 fully saturated rings. The van der Waals surface area contributed by atoms with E-state index in [4.69, 9.17) is 0 Å². The molecule has 0 aliphatic carbocycles. The first-order valence-corrected chi connectivity index (χ1v) is 6.77.